The summed E-state index contributed by atoms with van der Waals surface area (Å²) in [4.78, 5) is 29.6. The lowest BCUT2D eigenvalue weighted by Crippen LogP contribution is -2.54. The average Bonchev–Trinajstić information content (AvgIpc) is 3.06. The zero-order valence-corrected chi connectivity index (χ0v) is 26.4. The molecule has 45 heavy (non-hydrogen) atoms. The van der Waals surface area contributed by atoms with E-state index in [-0.39, 0.29) is 35.2 Å². The van der Waals surface area contributed by atoms with Gasteiger partial charge in [-0.25, -0.2) is 12.8 Å². The highest BCUT2D eigenvalue weighted by Crippen LogP contribution is 2.28. The second-order valence-electron chi connectivity index (χ2n) is 10.7. The molecular weight excluding hydrogens is 593 g/mol. The number of benzene rings is 4. The lowest BCUT2D eigenvalue weighted by Gasteiger charge is -2.34. The molecule has 0 radical (unpaired) electrons. The number of nitrogens with zero attached hydrogens (tertiary/aromatic N) is 2. The summed E-state index contributed by atoms with van der Waals surface area (Å²) in [6.07, 6.45) is 0.790. The van der Waals surface area contributed by atoms with E-state index in [2.05, 4.69) is 5.32 Å². The maximum Gasteiger partial charge on any atom is 0.264 e. The zero-order chi connectivity index (χ0) is 32.4. The van der Waals surface area contributed by atoms with Crippen molar-refractivity contribution in [3.63, 3.8) is 0 Å². The number of carbonyl (C=O) groups is 2. The summed E-state index contributed by atoms with van der Waals surface area (Å²) in [5.74, 6) is -1.25. The minimum Gasteiger partial charge on any atom is -0.497 e. The number of amides is 2. The number of anilines is 1. The average molecular weight is 632 g/mol. The van der Waals surface area contributed by atoms with Crippen molar-refractivity contribution < 1.29 is 27.1 Å². The zero-order valence-electron chi connectivity index (χ0n) is 25.6. The van der Waals surface area contributed by atoms with Crippen LogP contribution >= 0.6 is 0 Å². The molecule has 0 bridgehead atoms. The molecule has 0 saturated heterocycles. The summed E-state index contributed by atoms with van der Waals surface area (Å²) in [5, 5.41) is 2.97. The summed E-state index contributed by atoms with van der Waals surface area (Å²) in [5.41, 5.74) is 1.18. The number of halogens is 1. The lowest BCUT2D eigenvalue weighted by molar-refractivity contribution is -0.140. The molecule has 0 aliphatic heterocycles. The Labute approximate surface area is 264 Å². The van der Waals surface area contributed by atoms with Crippen LogP contribution < -0.4 is 14.4 Å². The van der Waals surface area contributed by atoms with Gasteiger partial charge < -0.3 is 15.0 Å². The monoisotopic (exact) mass is 631 g/mol. The number of ether oxygens (including phenoxy) is 1. The van der Waals surface area contributed by atoms with Crippen LogP contribution in [0.5, 0.6) is 5.75 Å². The van der Waals surface area contributed by atoms with Crippen molar-refractivity contribution in [3.05, 3.63) is 126 Å². The topological polar surface area (TPSA) is 96.0 Å². The Kier molecular flexibility index (Phi) is 11.3. The van der Waals surface area contributed by atoms with Crippen molar-refractivity contribution in [2.45, 2.75) is 50.2 Å². The molecule has 1 N–H and O–H groups in total. The van der Waals surface area contributed by atoms with Crippen molar-refractivity contribution >= 4 is 27.5 Å². The second kappa shape index (κ2) is 15.3. The maximum absolute atomic E-state index is 15.0. The van der Waals surface area contributed by atoms with Gasteiger partial charge in [0.2, 0.25) is 11.8 Å². The van der Waals surface area contributed by atoms with E-state index in [0.29, 0.717) is 12.2 Å². The molecule has 2 amide bonds. The van der Waals surface area contributed by atoms with Crippen LogP contribution in [-0.2, 0) is 32.6 Å². The first-order valence-electron chi connectivity index (χ1n) is 14.7. The van der Waals surface area contributed by atoms with Gasteiger partial charge in [0.1, 0.15) is 24.2 Å². The largest absolute Gasteiger partial charge is 0.497 e. The van der Waals surface area contributed by atoms with Crippen LogP contribution in [0, 0.1) is 5.82 Å². The first kappa shape index (κ1) is 33.2. The molecule has 0 saturated carbocycles. The molecule has 10 heteroatoms. The smallest absolute Gasteiger partial charge is 0.264 e. The van der Waals surface area contributed by atoms with E-state index in [4.69, 9.17) is 4.74 Å². The van der Waals surface area contributed by atoms with Gasteiger partial charge >= 0.3 is 0 Å². The van der Waals surface area contributed by atoms with Crippen LogP contribution in [0.1, 0.15) is 31.4 Å². The summed E-state index contributed by atoms with van der Waals surface area (Å²) >= 11 is 0. The van der Waals surface area contributed by atoms with Crippen LogP contribution in [0.25, 0.3) is 0 Å². The number of sulfonamides is 1. The third-order valence-corrected chi connectivity index (χ3v) is 9.31. The van der Waals surface area contributed by atoms with E-state index in [1.54, 1.807) is 54.6 Å². The van der Waals surface area contributed by atoms with Crippen LogP contribution in [0.3, 0.4) is 0 Å². The van der Waals surface area contributed by atoms with Gasteiger partial charge in [-0.15, -0.1) is 0 Å². The third-order valence-electron chi connectivity index (χ3n) is 7.52. The number of rotatable bonds is 14. The van der Waals surface area contributed by atoms with E-state index in [9.17, 15) is 18.0 Å². The molecule has 0 unspecified atom stereocenters. The van der Waals surface area contributed by atoms with Crippen LogP contribution in [0.4, 0.5) is 10.1 Å². The molecule has 236 valence electrons. The van der Waals surface area contributed by atoms with Crippen LogP contribution in [0.15, 0.2) is 114 Å². The first-order valence-corrected chi connectivity index (χ1v) is 16.2. The lowest BCUT2D eigenvalue weighted by atomic mass is 10.0. The standard InChI is InChI=1S/C35H38FN3O5S/c1-4-26(2)37-35(41)33(22-27-14-7-5-8-15-27)38(24-28-16-11-12-21-32(28)36)34(40)25-39(29-17-13-18-30(23-29)44-3)45(42,43)31-19-9-6-10-20-31/h5-21,23,26,33H,4,22,24-25H2,1-3H3,(H,37,41)/t26-,33+/m0/s1. The minimum absolute atomic E-state index is 0.0170. The first-order chi connectivity index (χ1) is 21.6. The van der Waals surface area contributed by atoms with Gasteiger partial charge in [0, 0.05) is 30.6 Å². The summed E-state index contributed by atoms with van der Waals surface area (Å²) < 4.78 is 49.5. The number of carbonyl (C=O) groups excluding carboxylic acids is 2. The Morgan fingerprint density at radius 1 is 0.889 bits per heavy atom. The molecule has 0 aromatic heterocycles. The van der Waals surface area contributed by atoms with E-state index in [0.717, 1.165) is 9.87 Å². The predicted octanol–water partition coefficient (Wildman–Crippen LogP) is 5.58. The summed E-state index contributed by atoms with van der Waals surface area (Å²) in [7, 11) is -2.80. The molecule has 0 spiro atoms. The van der Waals surface area contributed by atoms with Gasteiger partial charge in [-0.05, 0) is 49.2 Å². The third kappa shape index (κ3) is 8.48. The quantitative estimate of drug-likeness (QED) is 0.196. The fraction of sp³-hybridized carbons (Fsp3) is 0.257. The van der Waals surface area contributed by atoms with Crippen LogP contribution in [0.2, 0.25) is 0 Å². The van der Waals surface area contributed by atoms with E-state index in [1.807, 2.05) is 44.2 Å². The van der Waals surface area contributed by atoms with Crippen molar-refractivity contribution in [1.82, 2.24) is 10.2 Å². The Hall–Kier alpha value is -4.70. The van der Waals surface area contributed by atoms with E-state index in [1.165, 1.54) is 36.3 Å². The maximum atomic E-state index is 15.0. The normalized spacial score (nSPS) is 12.5. The van der Waals surface area contributed by atoms with Gasteiger partial charge in [0.05, 0.1) is 17.7 Å². The molecule has 4 aromatic carbocycles. The molecule has 8 nitrogen and oxygen atoms in total. The number of hydrogen-bond acceptors (Lipinski definition) is 5. The number of hydrogen-bond donors (Lipinski definition) is 1. The van der Waals surface area contributed by atoms with Crippen molar-refractivity contribution in [2.75, 3.05) is 18.0 Å². The number of methoxy groups -OCH3 is 1. The molecule has 0 heterocycles. The highest BCUT2D eigenvalue weighted by Gasteiger charge is 2.35. The fourth-order valence-electron chi connectivity index (χ4n) is 4.82. The summed E-state index contributed by atoms with van der Waals surface area (Å²) in [6, 6.07) is 28.1. The predicted molar refractivity (Wildman–Crippen MR) is 173 cm³/mol. The minimum atomic E-state index is -4.26. The second-order valence-corrected chi connectivity index (χ2v) is 12.5. The van der Waals surface area contributed by atoms with Gasteiger partial charge in [-0.2, -0.15) is 0 Å². The number of nitrogens with one attached hydrogen (secondary N) is 1. The van der Waals surface area contributed by atoms with Crippen molar-refractivity contribution in [1.29, 1.82) is 0 Å². The molecule has 2 atom stereocenters. The van der Waals surface area contributed by atoms with E-state index >= 15 is 4.39 Å². The van der Waals surface area contributed by atoms with Gasteiger partial charge in [0.25, 0.3) is 10.0 Å². The highest BCUT2D eigenvalue weighted by atomic mass is 32.2. The Bertz CT molecular complexity index is 1690. The van der Waals surface area contributed by atoms with E-state index < -0.39 is 40.2 Å². The Morgan fingerprint density at radius 2 is 1.53 bits per heavy atom. The van der Waals surface area contributed by atoms with Crippen molar-refractivity contribution in [3.8, 4) is 5.75 Å². The molecular formula is C35H38FN3O5S. The Balaban J connectivity index is 1.82. The molecule has 4 aromatic rings. The van der Waals surface area contributed by atoms with Crippen molar-refractivity contribution in [2.24, 2.45) is 0 Å². The molecule has 4 rings (SSSR count). The van der Waals surface area contributed by atoms with Crippen LogP contribution in [-0.4, -0.2) is 50.9 Å². The Morgan fingerprint density at radius 3 is 2.18 bits per heavy atom. The highest BCUT2D eigenvalue weighted by molar-refractivity contribution is 7.92. The fourth-order valence-corrected chi connectivity index (χ4v) is 6.25. The van der Waals surface area contributed by atoms with Gasteiger partial charge in [-0.3, -0.25) is 13.9 Å². The summed E-state index contributed by atoms with van der Waals surface area (Å²) in [6.45, 7) is 2.88. The molecule has 0 aliphatic carbocycles. The SMILES string of the molecule is CC[C@H](C)NC(=O)[C@@H](Cc1ccccc1)N(Cc1ccccc1F)C(=O)CN(c1cccc(OC)c1)S(=O)(=O)c1ccccc1. The van der Waals surface area contributed by atoms with Gasteiger partial charge in [-0.1, -0.05) is 79.7 Å². The van der Waals surface area contributed by atoms with Gasteiger partial charge in [0.15, 0.2) is 0 Å². The molecule has 0 fully saturated rings. The molecule has 0 aliphatic rings.